The van der Waals surface area contributed by atoms with E-state index in [2.05, 4.69) is 46.4 Å². The zero-order valence-corrected chi connectivity index (χ0v) is 13.6. The van der Waals surface area contributed by atoms with Gasteiger partial charge in [0.15, 0.2) is 0 Å². The van der Waals surface area contributed by atoms with Crippen LogP contribution in [0.4, 0.5) is 0 Å². The molecular formula is C16H32N2O. The van der Waals surface area contributed by atoms with Crippen molar-refractivity contribution in [1.29, 1.82) is 0 Å². The molecule has 0 amide bonds. The van der Waals surface area contributed by atoms with Crippen molar-refractivity contribution in [2.75, 3.05) is 13.1 Å². The quantitative estimate of drug-likeness (QED) is 0.837. The van der Waals surface area contributed by atoms with E-state index in [-0.39, 0.29) is 17.2 Å². The third kappa shape index (κ3) is 2.98. The van der Waals surface area contributed by atoms with Crippen LogP contribution in [-0.4, -0.2) is 41.3 Å². The number of piperidine rings is 1. The lowest BCUT2D eigenvalue weighted by Crippen LogP contribution is -2.51. The van der Waals surface area contributed by atoms with Crippen LogP contribution in [-0.2, 0) is 4.74 Å². The maximum Gasteiger partial charge on any atom is 0.0788 e. The van der Waals surface area contributed by atoms with Crippen molar-refractivity contribution in [3.63, 3.8) is 0 Å². The summed E-state index contributed by atoms with van der Waals surface area (Å²) in [4.78, 5) is 2.63. The van der Waals surface area contributed by atoms with Crippen molar-refractivity contribution in [2.45, 2.75) is 77.7 Å². The Bertz CT molecular complexity index is 327. The fourth-order valence-corrected chi connectivity index (χ4v) is 3.96. The van der Waals surface area contributed by atoms with Crippen LogP contribution in [0, 0.1) is 11.8 Å². The van der Waals surface area contributed by atoms with Crippen LogP contribution in [0.3, 0.4) is 0 Å². The zero-order valence-electron chi connectivity index (χ0n) is 13.6. The highest BCUT2D eigenvalue weighted by Gasteiger charge is 2.52. The second-order valence-corrected chi connectivity index (χ2v) is 7.93. The molecule has 3 nitrogen and oxygen atoms in total. The van der Waals surface area contributed by atoms with E-state index in [1.165, 1.54) is 19.4 Å². The van der Waals surface area contributed by atoms with Gasteiger partial charge in [-0.05, 0) is 53.4 Å². The molecule has 0 aromatic rings. The summed E-state index contributed by atoms with van der Waals surface area (Å²) in [6.07, 6.45) is 2.67. The molecule has 0 aliphatic carbocycles. The Morgan fingerprint density at radius 1 is 1.11 bits per heavy atom. The van der Waals surface area contributed by atoms with Crippen LogP contribution in [0.25, 0.3) is 0 Å². The van der Waals surface area contributed by atoms with Gasteiger partial charge in [0.25, 0.3) is 0 Å². The van der Waals surface area contributed by atoms with E-state index in [9.17, 15) is 0 Å². The summed E-state index contributed by atoms with van der Waals surface area (Å²) in [5, 5.41) is 0. The van der Waals surface area contributed by atoms with Crippen molar-refractivity contribution in [1.82, 2.24) is 4.90 Å². The normalized spacial score (nSPS) is 42.5. The summed E-state index contributed by atoms with van der Waals surface area (Å²) >= 11 is 0. The van der Waals surface area contributed by atoms with Crippen molar-refractivity contribution in [3.05, 3.63) is 0 Å². The van der Waals surface area contributed by atoms with E-state index >= 15 is 0 Å². The molecule has 2 aliphatic rings. The average Bonchev–Trinajstić information content (AvgIpc) is 2.41. The minimum absolute atomic E-state index is 0.118. The lowest BCUT2D eigenvalue weighted by Gasteiger charge is -2.41. The number of ether oxygens (including phenoxy) is 1. The number of rotatable bonds is 2. The molecule has 2 fully saturated rings. The molecule has 3 heteroatoms. The Morgan fingerprint density at radius 2 is 1.74 bits per heavy atom. The van der Waals surface area contributed by atoms with E-state index in [4.69, 9.17) is 10.5 Å². The molecule has 2 N–H and O–H groups in total. The Labute approximate surface area is 118 Å². The lowest BCUT2D eigenvalue weighted by atomic mass is 9.81. The molecule has 19 heavy (non-hydrogen) atoms. The van der Waals surface area contributed by atoms with Gasteiger partial charge >= 0.3 is 0 Å². The van der Waals surface area contributed by atoms with Gasteiger partial charge in [-0.1, -0.05) is 6.92 Å². The highest BCUT2D eigenvalue weighted by Crippen LogP contribution is 2.42. The second kappa shape index (κ2) is 5.01. The van der Waals surface area contributed by atoms with Crippen molar-refractivity contribution < 1.29 is 4.74 Å². The first-order valence-corrected chi connectivity index (χ1v) is 7.83. The predicted molar refractivity (Wildman–Crippen MR) is 80.1 cm³/mol. The van der Waals surface area contributed by atoms with Crippen LogP contribution in [0.15, 0.2) is 0 Å². The summed E-state index contributed by atoms with van der Waals surface area (Å²) in [7, 11) is 0. The maximum absolute atomic E-state index is 6.48. The van der Waals surface area contributed by atoms with Gasteiger partial charge in [-0.25, -0.2) is 0 Å². The monoisotopic (exact) mass is 268 g/mol. The first kappa shape index (κ1) is 15.3. The van der Waals surface area contributed by atoms with Crippen LogP contribution in [0.1, 0.15) is 54.4 Å². The lowest BCUT2D eigenvalue weighted by molar-refractivity contribution is -0.0800. The van der Waals surface area contributed by atoms with Crippen LogP contribution in [0.5, 0.6) is 0 Å². The summed E-state index contributed by atoms with van der Waals surface area (Å²) in [5.74, 6) is 1.22. The van der Waals surface area contributed by atoms with Crippen LogP contribution in [0.2, 0.25) is 0 Å². The molecule has 0 bridgehead atoms. The molecule has 0 radical (unpaired) electrons. The number of likely N-dealkylation sites (tertiary alicyclic amines) is 1. The Hall–Kier alpha value is -0.120. The molecular weight excluding hydrogens is 236 g/mol. The number of hydrogen-bond acceptors (Lipinski definition) is 3. The molecule has 4 atom stereocenters. The molecule has 2 saturated heterocycles. The average molecular weight is 268 g/mol. The molecule has 0 spiro atoms. The summed E-state index contributed by atoms with van der Waals surface area (Å²) in [5.41, 5.74) is 6.15. The van der Waals surface area contributed by atoms with Crippen LogP contribution < -0.4 is 5.73 Å². The zero-order chi connectivity index (χ0) is 14.4. The van der Waals surface area contributed by atoms with Crippen molar-refractivity contribution in [3.8, 4) is 0 Å². The van der Waals surface area contributed by atoms with E-state index in [1.54, 1.807) is 0 Å². The first-order valence-electron chi connectivity index (χ1n) is 7.83. The van der Waals surface area contributed by atoms with E-state index in [1.807, 2.05) is 0 Å². The minimum atomic E-state index is -0.210. The third-order valence-electron chi connectivity index (χ3n) is 5.33. The Kier molecular flexibility index (Phi) is 4.03. The standard InChI is InChI=1S/C16H32N2O/c1-11-7-8-12(2)18(9-11)10-13-14(17)16(5,6)19-15(13,3)4/h11-14H,7-10,17H2,1-6H3. The van der Waals surface area contributed by atoms with Gasteiger partial charge in [0.05, 0.1) is 11.2 Å². The largest absolute Gasteiger partial charge is 0.368 e. The minimum Gasteiger partial charge on any atom is -0.368 e. The Balaban J connectivity index is 2.09. The highest BCUT2D eigenvalue weighted by atomic mass is 16.5. The molecule has 0 aromatic carbocycles. The molecule has 4 unspecified atom stereocenters. The molecule has 2 aliphatic heterocycles. The third-order valence-corrected chi connectivity index (χ3v) is 5.33. The smallest absolute Gasteiger partial charge is 0.0788 e. The number of nitrogens with zero attached hydrogens (tertiary/aromatic N) is 1. The van der Waals surface area contributed by atoms with Gasteiger partial charge in [0.1, 0.15) is 0 Å². The molecule has 112 valence electrons. The fraction of sp³-hybridized carbons (Fsp3) is 1.00. The van der Waals surface area contributed by atoms with Gasteiger partial charge in [-0.3, -0.25) is 4.90 Å². The van der Waals surface area contributed by atoms with E-state index in [0.29, 0.717) is 12.0 Å². The Morgan fingerprint density at radius 3 is 2.26 bits per heavy atom. The van der Waals surface area contributed by atoms with Gasteiger partial charge in [-0.2, -0.15) is 0 Å². The molecule has 2 heterocycles. The van der Waals surface area contributed by atoms with Gasteiger partial charge in [0.2, 0.25) is 0 Å². The molecule has 0 aromatic heterocycles. The van der Waals surface area contributed by atoms with Gasteiger partial charge in [-0.15, -0.1) is 0 Å². The van der Waals surface area contributed by atoms with Crippen molar-refractivity contribution >= 4 is 0 Å². The second-order valence-electron chi connectivity index (χ2n) is 7.93. The van der Waals surface area contributed by atoms with Gasteiger partial charge < -0.3 is 10.5 Å². The number of hydrogen-bond donors (Lipinski definition) is 1. The van der Waals surface area contributed by atoms with Crippen molar-refractivity contribution in [2.24, 2.45) is 17.6 Å². The summed E-state index contributed by atoms with van der Waals surface area (Å²) in [6.45, 7) is 15.6. The topological polar surface area (TPSA) is 38.5 Å². The number of nitrogens with two attached hydrogens (primary N) is 1. The van der Waals surface area contributed by atoms with Gasteiger partial charge in [0, 0.05) is 31.1 Å². The molecule has 0 saturated carbocycles. The summed E-state index contributed by atoms with van der Waals surface area (Å²) < 4.78 is 6.21. The van der Waals surface area contributed by atoms with E-state index < -0.39 is 0 Å². The highest BCUT2D eigenvalue weighted by molar-refractivity contribution is 5.05. The SMILES string of the molecule is CC1CCC(C)N(CC2C(N)C(C)(C)OC2(C)C)C1. The maximum atomic E-state index is 6.48. The molecule has 2 rings (SSSR count). The van der Waals surface area contributed by atoms with E-state index in [0.717, 1.165) is 12.5 Å². The first-order chi connectivity index (χ1) is 8.63. The van der Waals surface area contributed by atoms with Crippen LogP contribution >= 0.6 is 0 Å². The summed E-state index contributed by atoms with van der Waals surface area (Å²) in [6, 6.07) is 0.801. The predicted octanol–water partition coefficient (Wildman–Crippen LogP) is 2.64. The fourth-order valence-electron chi connectivity index (χ4n) is 3.96.